The summed E-state index contributed by atoms with van der Waals surface area (Å²) in [5.74, 6) is -2.98. The van der Waals surface area contributed by atoms with Crippen LogP contribution >= 0.6 is 12.2 Å². The van der Waals surface area contributed by atoms with Crippen LogP contribution in [0.4, 0.5) is 4.39 Å². The van der Waals surface area contributed by atoms with Crippen LogP contribution in [0.5, 0.6) is 0 Å². The Balaban J connectivity index is 0.00000450. The molecule has 1 amide bonds. The average Bonchev–Trinajstić information content (AvgIpc) is 2.70. The number of Topliss-reactive ketones (excluding diaryl/α,β-unsaturated/α-hetero) is 1. The number of ether oxygens (including phenoxy) is 3. The highest BCUT2D eigenvalue weighted by molar-refractivity contribution is 7.80. The van der Waals surface area contributed by atoms with E-state index in [1.165, 1.54) is 28.4 Å². The lowest BCUT2D eigenvalue weighted by molar-refractivity contribution is -0.190. The molecule has 2 aliphatic rings. The Labute approximate surface area is 182 Å². The van der Waals surface area contributed by atoms with E-state index in [9.17, 15) is 14.0 Å². The lowest BCUT2D eigenvalue weighted by Gasteiger charge is -2.35. The first-order valence-corrected chi connectivity index (χ1v) is 9.67. The first-order chi connectivity index (χ1) is 13.9. The number of hydrogen-bond acceptors (Lipinski definition) is 7. The van der Waals surface area contributed by atoms with Gasteiger partial charge in [-0.05, 0) is 19.3 Å². The smallest absolute Gasteiger partial charge is 0.263 e. The third-order valence-corrected chi connectivity index (χ3v) is 5.33. The standard InChI is InChI=1S/C19H27FN2O6S.CH4/c1-25-14(26-2)9-8-11-10-22(28-4)19(24)15(16(11)23)18(29)21-13-7-5-6-12(20)17(13)27-3;/h7,11,14-15H,5-6,8-10H2,1-4H3,(H,21,29);1H4. The summed E-state index contributed by atoms with van der Waals surface area (Å²) < 4.78 is 29.4. The molecule has 10 heteroatoms. The molecule has 1 N–H and O–H groups in total. The van der Waals surface area contributed by atoms with Gasteiger partial charge in [-0.15, -0.1) is 0 Å². The Hall–Kier alpha value is -1.88. The zero-order valence-electron chi connectivity index (χ0n) is 17.0. The first-order valence-electron chi connectivity index (χ1n) is 9.26. The molecule has 1 heterocycles. The number of nitrogens with one attached hydrogen (secondary N) is 1. The van der Waals surface area contributed by atoms with E-state index in [0.717, 1.165) is 5.06 Å². The van der Waals surface area contributed by atoms with Gasteiger partial charge >= 0.3 is 0 Å². The van der Waals surface area contributed by atoms with Crippen molar-refractivity contribution in [2.45, 2.75) is 39.4 Å². The lowest BCUT2D eigenvalue weighted by atomic mass is 9.84. The monoisotopic (exact) mass is 446 g/mol. The number of carbonyl (C=O) groups is 2. The average molecular weight is 447 g/mol. The largest absolute Gasteiger partial charge is 0.492 e. The number of amides is 1. The van der Waals surface area contributed by atoms with Gasteiger partial charge in [-0.25, -0.2) is 9.45 Å². The highest BCUT2D eigenvalue weighted by Crippen LogP contribution is 2.28. The molecule has 0 bridgehead atoms. The molecule has 2 unspecified atom stereocenters. The number of halogens is 1. The van der Waals surface area contributed by atoms with Crippen LogP contribution in [0.25, 0.3) is 0 Å². The van der Waals surface area contributed by atoms with Crippen molar-refractivity contribution in [3.05, 3.63) is 23.4 Å². The van der Waals surface area contributed by atoms with Gasteiger partial charge in [-0.3, -0.25) is 14.4 Å². The highest BCUT2D eigenvalue weighted by Gasteiger charge is 2.44. The zero-order valence-corrected chi connectivity index (χ0v) is 17.8. The summed E-state index contributed by atoms with van der Waals surface area (Å²) in [5.41, 5.74) is 0.312. The van der Waals surface area contributed by atoms with E-state index in [4.69, 9.17) is 31.3 Å². The molecule has 0 aromatic heterocycles. The van der Waals surface area contributed by atoms with Gasteiger partial charge in [0.15, 0.2) is 17.8 Å². The predicted molar refractivity (Wildman–Crippen MR) is 113 cm³/mol. The number of rotatable bonds is 9. The van der Waals surface area contributed by atoms with E-state index in [-0.39, 0.29) is 36.9 Å². The number of thiocarbonyl (C=S) groups is 1. The molecule has 0 aromatic rings. The molecule has 8 nitrogen and oxygen atoms in total. The Kier molecular flexibility index (Phi) is 10.5. The Bertz CT molecular complexity index is 707. The van der Waals surface area contributed by atoms with Crippen LogP contribution in [0.1, 0.15) is 33.1 Å². The maximum absolute atomic E-state index is 14.0. The van der Waals surface area contributed by atoms with Crippen molar-refractivity contribution >= 4 is 28.9 Å². The summed E-state index contributed by atoms with van der Waals surface area (Å²) in [5, 5.41) is 3.96. The van der Waals surface area contributed by atoms with Crippen molar-refractivity contribution in [2.24, 2.45) is 11.8 Å². The topological polar surface area (TPSA) is 86.3 Å². The van der Waals surface area contributed by atoms with E-state index in [1.54, 1.807) is 6.08 Å². The van der Waals surface area contributed by atoms with E-state index in [1.807, 2.05) is 0 Å². The summed E-state index contributed by atoms with van der Waals surface area (Å²) in [7, 11) is 5.74. The third kappa shape index (κ3) is 5.84. The van der Waals surface area contributed by atoms with Gasteiger partial charge in [0.2, 0.25) is 0 Å². The van der Waals surface area contributed by atoms with Crippen LogP contribution < -0.4 is 5.32 Å². The molecular formula is C20H31FN2O6S. The van der Waals surface area contributed by atoms with E-state index >= 15 is 0 Å². The Morgan fingerprint density at radius 3 is 2.53 bits per heavy atom. The van der Waals surface area contributed by atoms with E-state index in [0.29, 0.717) is 25.0 Å². The van der Waals surface area contributed by atoms with Gasteiger partial charge in [0, 0.05) is 26.6 Å². The zero-order chi connectivity index (χ0) is 21.6. The maximum Gasteiger partial charge on any atom is 0.263 e. The summed E-state index contributed by atoms with van der Waals surface area (Å²) >= 11 is 5.36. The minimum absolute atomic E-state index is 0. The second-order valence-corrected chi connectivity index (χ2v) is 7.12. The molecule has 30 heavy (non-hydrogen) atoms. The van der Waals surface area contributed by atoms with Gasteiger partial charge in [0.25, 0.3) is 5.91 Å². The fourth-order valence-corrected chi connectivity index (χ4v) is 3.75. The van der Waals surface area contributed by atoms with Crippen LogP contribution in [0.3, 0.4) is 0 Å². The minimum atomic E-state index is -1.23. The molecule has 0 spiro atoms. The van der Waals surface area contributed by atoms with Gasteiger partial charge in [-0.2, -0.15) is 0 Å². The van der Waals surface area contributed by atoms with E-state index < -0.39 is 29.9 Å². The van der Waals surface area contributed by atoms with Crippen molar-refractivity contribution in [1.82, 2.24) is 10.4 Å². The van der Waals surface area contributed by atoms with Gasteiger partial charge in [-0.1, -0.05) is 25.7 Å². The Morgan fingerprint density at radius 2 is 1.97 bits per heavy atom. The molecule has 2 rings (SSSR count). The fraction of sp³-hybridized carbons (Fsp3) is 0.650. The molecule has 1 aliphatic carbocycles. The second-order valence-electron chi connectivity index (χ2n) is 6.68. The number of hydroxylamine groups is 2. The molecule has 0 saturated carbocycles. The molecule has 2 atom stereocenters. The first kappa shape index (κ1) is 26.2. The molecule has 1 fully saturated rings. The minimum Gasteiger partial charge on any atom is -0.492 e. The fourth-order valence-electron chi connectivity index (χ4n) is 3.42. The Morgan fingerprint density at radius 1 is 1.30 bits per heavy atom. The number of carbonyl (C=O) groups excluding carboxylic acids is 2. The summed E-state index contributed by atoms with van der Waals surface area (Å²) in [6.45, 7) is 0.119. The van der Waals surface area contributed by atoms with Crippen molar-refractivity contribution < 1.29 is 33.0 Å². The number of methoxy groups -OCH3 is 3. The summed E-state index contributed by atoms with van der Waals surface area (Å²) in [4.78, 5) is 30.9. The molecule has 0 radical (unpaired) electrons. The molecule has 1 aliphatic heterocycles. The number of allylic oxidation sites excluding steroid dienone is 2. The van der Waals surface area contributed by atoms with Gasteiger partial charge in [0.05, 0.1) is 26.5 Å². The van der Waals surface area contributed by atoms with Crippen molar-refractivity contribution in [3.63, 3.8) is 0 Å². The number of piperidine rings is 1. The quantitative estimate of drug-likeness (QED) is 0.329. The van der Waals surface area contributed by atoms with Crippen LogP contribution in [0.15, 0.2) is 23.4 Å². The second kappa shape index (κ2) is 12.1. The van der Waals surface area contributed by atoms with Crippen LogP contribution in [0, 0.1) is 11.8 Å². The van der Waals surface area contributed by atoms with Crippen molar-refractivity contribution in [2.75, 3.05) is 35.0 Å². The third-order valence-electron chi connectivity index (χ3n) is 4.99. The van der Waals surface area contributed by atoms with Crippen LogP contribution in [-0.2, 0) is 28.6 Å². The maximum atomic E-state index is 14.0. The van der Waals surface area contributed by atoms with Crippen molar-refractivity contribution in [1.29, 1.82) is 0 Å². The number of ketones is 1. The number of hydrogen-bond donors (Lipinski definition) is 1. The highest BCUT2D eigenvalue weighted by atomic mass is 32.1. The predicted octanol–water partition coefficient (Wildman–Crippen LogP) is 2.65. The van der Waals surface area contributed by atoms with E-state index in [2.05, 4.69) is 5.32 Å². The lowest BCUT2D eigenvalue weighted by Crippen LogP contribution is -2.55. The molecule has 0 aromatic carbocycles. The van der Waals surface area contributed by atoms with Gasteiger partial charge in [0.1, 0.15) is 16.7 Å². The normalized spacial score (nSPS) is 22.1. The van der Waals surface area contributed by atoms with Crippen LogP contribution in [-0.4, -0.2) is 63.0 Å². The summed E-state index contributed by atoms with van der Waals surface area (Å²) in [6, 6.07) is 0. The van der Waals surface area contributed by atoms with Crippen molar-refractivity contribution in [3.8, 4) is 0 Å². The molecule has 1 saturated heterocycles. The summed E-state index contributed by atoms with van der Waals surface area (Å²) in [6.07, 6.45) is 2.84. The van der Waals surface area contributed by atoms with Gasteiger partial charge < -0.3 is 19.5 Å². The van der Waals surface area contributed by atoms with Crippen LogP contribution in [0.2, 0.25) is 0 Å². The molecular weight excluding hydrogens is 415 g/mol. The number of nitrogens with zero attached hydrogens (tertiary/aromatic N) is 1. The molecule has 170 valence electrons. The SMILES string of the molecule is C.COC1=C(F)CCC=C1NC(=S)C1C(=O)C(CCC(OC)OC)CN(OC)C1=O.